The summed E-state index contributed by atoms with van der Waals surface area (Å²) in [6.07, 6.45) is 4.16. The standard InChI is InChI=1S/C20H28N4S/c1-5-7-12-24-19(16-13-14(3)23(6-2)15(16)4)18(22-20(24)25)17-10-8-9-11-21-17/h8-11,13,18-19H,5-7,12H2,1-4H3,(H,22,25)/t18-,19+/m0/s1. The topological polar surface area (TPSA) is 33.1 Å². The van der Waals surface area contributed by atoms with Gasteiger partial charge in [0.15, 0.2) is 5.11 Å². The summed E-state index contributed by atoms with van der Waals surface area (Å²) in [5.41, 5.74) is 5.05. The molecule has 2 atom stereocenters. The molecule has 0 aromatic carbocycles. The van der Waals surface area contributed by atoms with Gasteiger partial charge in [-0.2, -0.15) is 0 Å². The van der Waals surface area contributed by atoms with E-state index >= 15 is 0 Å². The summed E-state index contributed by atoms with van der Waals surface area (Å²) in [5.74, 6) is 0. The number of hydrogen-bond acceptors (Lipinski definition) is 2. The first-order valence-corrected chi connectivity index (χ1v) is 9.64. The van der Waals surface area contributed by atoms with Crippen LogP contribution in [-0.4, -0.2) is 26.1 Å². The summed E-state index contributed by atoms with van der Waals surface area (Å²) >= 11 is 5.70. The van der Waals surface area contributed by atoms with Crippen LogP contribution < -0.4 is 5.32 Å². The van der Waals surface area contributed by atoms with Crippen molar-refractivity contribution < 1.29 is 0 Å². The van der Waals surface area contributed by atoms with E-state index in [2.05, 4.69) is 59.6 Å². The molecule has 0 radical (unpaired) electrons. The molecule has 0 saturated carbocycles. The van der Waals surface area contributed by atoms with E-state index in [0.717, 1.165) is 36.7 Å². The Hall–Kier alpha value is -1.88. The van der Waals surface area contributed by atoms with Crippen LogP contribution in [-0.2, 0) is 6.54 Å². The fourth-order valence-electron chi connectivity index (χ4n) is 3.93. The van der Waals surface area contributed by atoms with Crippen LogP contribution in [0.1, 0.15) is 61.4 Å². The predicted molar refractivity (Wildman–Crippen MR) is 107 cm³/mol. The molecule has 0 bridgehead atoms. The fourth-order valence-corrected chi connectivity index (χ4v) is 4.26. The predicted octanol–water partition coefficient (Wildman–Crippen LogP) is 4.29. The minimum Gasteiger partial charge on any atom is -0.352 e. The highest BCUT2D eigenvalue weighted by Gasteiger charge is 2.40. The van der Waals surface area contributed by atoms with Crippen molar-refractivity contribution in [2.75, 3.05) is 6.54 Å². The Morgan fingerprint density at radius 1 is 1.24 bits per heavy atom. The number of nitrogens with one attached hydrogen (secondary N) is 1. The Kier molecular flexibility index (Phi) is 5.42. The number of aromatic nitrogens is 2. The first kappa shape index (κ1) is 17.9. The monoisotopic (exact) mass is 356 g/mol. The molecule has 3 heterocycles. The van der Waals surface area contributed by atoms with E-state index in [1.807, 2.05) is 18.3 Å². The van der Waals surface area contributed by atoms with Gasteiger partial charge >= 0.3 is 0 Å². The second kappa shape index (κ2) is 7.56. The van der Waals surface area contributed by atoms with Gasteiger partial charge in [-0.25, -0.2) is 0 Å². The third-order valence-corrected chi connectivity index (χ3v) is 5.55. The molecule has 2 aromatic heterocycles. The van der Waals surface area contributed by atoms with Crippen molar-refractivity contribution in [2.24, 2.45) is 0 Å². The first-order valence-electron chi connectivity index (χ1n) is 9.23. The van der Waals surface area contributed by atoms with Crippen LogP contribution in [0.3, 0.4) is 0 Å². The quantitative estimate of drug-likeness (QED) is 0.783. The van der Waals surface area contributed by atoms with Crippen molar-refractivity contribution in [1.29, 1.82) is 0 Å². The molecule has 3 rings (SSSR count). The molecule has 134 valence electrons. The lowest BCUT2D eigenvalue weighted by Crippen LogP contribution is -2.30. The number of hydrogen-bond donors (Lipinski definition) is 1. The summed E-state index contributed by atoms with van der Waals surface area (Å²) in [4.78, 5) is 6.97. The maximum atomic E-state index is 5.70. The van der Waals surface area contributed by atoms with Gasteiger partial charge in [0.25, 0.3) is 0 Å². The zero-order chi connectivity index (χ0) is 18.0. The van der Waals surface area contributed by atoms with E-state index in [4.69, 9.17) is 12.2 Å². The molecule has 2 aromatic rings. The Morgan fingerprint density at radius 3 is 2.64 bits per heavy atom. The van der Waals surface area contributed by atoms with E-state index in [9.17, 15) is 0 Å². The summed E-state index contributed by atoms with van der Waals surface area (Å²) in [7, 11) is 0. The van der Waals surface area contributed by atoms with Gasteiger partial charge in [-0.15, -0.1) is 0 Å². The minimum atomic E-state index is 0.0939. The molecule has 1 aliphatic heterocycles. The van der Waals surface area contributed by atoms with Gasteiger partial charge in [-0.05, 0) is 63.2 Å². The van der Waals surface area contributed by atoms with Crippen LogP contribution in [0.2, 0.25) is 0 Å². The van der Waals surface area contributed by atoms with Gasteiger partial charge in [-0.1, -0.05) is 19.4 Å². The molecule has 1 saturated heterocycles. The zero-order valence-electron chi connectivity index (χ0n) is 15.6. The van der Waals surface area contributed by atoms with E-state index in [0.29, 0.717) is 0 Å². The van der Waals surface area contributed by atoms with Gasteiger partial charge < -0.3 is 14.8 Å². The normalized spacial score (nSPS) is 20.2. The second-order valence-corrected chi connectivity index (χ2v) is 7.13. The van der Waals surface area contributed by atoms with Crippen molar-refractivity contribution in [1.82, 2.24) is 19.8 Å². The average molecular weight is 357 g/mol. The van der Waals surface area contributed by atoms with E-state index in [-0.39, 0.29) is 12.1 Å². The number of nitrogens with zero attached hydrogens (tertiary/aromatic N) is 3. The summed E-state index contributed by atoms with van der Waals surface area (Å²) < 4.78 is 2.38. The van der Waals surface area contributed by atoms with Crippen molar-refractivity contribution in [2.45, 2.75) is 59.2 Å². The average Bonchev–Trinajstić information content (AvgIpc) is 3.09. The smallest absolute Gasteiger partial charge is 0.170 e. The number of aryl methyl sites for hydroxylation is 1. The SMILES string of the molecule is CCCCN1C(=S)N[C@@H](c2ccccn2)[C@H]1c1cc(C)n(CC)c1C. The summed E-state index contributed by atoms with van der Waals surface area (Å²) in [6, 6.07) is 8.72. The lowest BCUT2D eigenvalue weighted by Gasteiger charge is -2.28. The summed E-state index contributed by atoms with van der Waals surface area (Å²) in [6.45, 7) is 10.8. The maximum absolute atomic E-state index is 5.70. The molecular formula is C20H28N4S. The van der Waals surface area contributed by atoms with E-state index < -0.39 is 0 Å². The van der Waals surface area contributed by atoms with Gasteiger partial charge in [-0.3, -0.25) is 4.98 Å². The lowest BCUT2D eigenvalue weighted by atomic mass is 9.96. The van der Waals surface area contributed by atoms with Gasteiger partial charge in [0, 0.05) is 30.7 Å². The van der Waals surface area contributed by atoms with Gasteiger partial charge in [0.1, 0.15) is 0 Å². The van der Waals surface area contributed by atoms with Crippen molar-refractivity contribution in [3.63, 3.8) is 0 Å². The molecule has 1 fully saturated rings. The van der Waals surface area contributed by atoms with Crippen LogP contribution in [0, 0.1) is 13.8 Å². The Bertz CT molecular complexity index is 738. The molecule has 1 aliphatic rings. The highest BCUT2D eigenvalue weighted by Crippen LogP contribution is 2.40. The number of rotatable bonds is 6. The molecule has 4 nitrogen and oxygen atoms in total. The lowest BCUT2D eigenvalue weighted by molar-refractivity contribution is 0.311. The molecule has 0 aliphatic carbocycles. The third-order valence-electron chi connectivity index (χ3n) is 5.20. The molecule has 25 heavy (non-hydrogen) atoms. The molecular weight excluding hydrogens is 328 g/mol. The van der Waals surface area contributed by atoms with Crippen molar-refractivity contribution in [3.05, 3.63) is 53.1 Å². The Labute approximate surface area is 156 Å². The second-order valence-electron chi connectivity index (χ2n) is 6.74. The van der Waals surface area contributed by atoms with Crippen LogP contribution in [0.4, 0.5) is 0 Å². The minimum absolute atomic E-state index is 0.0939. The highest BCUT2D eigenvalue weighted by molar-refractivity contribution is 7.80. The Morgan fingerprint density at radius 2 is 2.04 bits per heavy atom. The third kappa shape index (κ3) is 3.30. The zero-order valence-corrected chi connectivity index (χ0v) is 16.4. The maximum Gasteiger partial charge on any atom is 0.170 e. The summed E-state index contributed by atoms with van der Waals surface area (Å²) in [5, 5.41) is 4.38. The number of pyridine rings is 1. The van der Waals surface area contributed by atoms with Gasteiger partial charge in [0.2, 0.25) is 0 Å². The van der Waals surface area contributed by atoms with Crippen LogP contribution >= 0.6 is 12.2 Å². The van der Waals surface area contributed by atoms with Crippen molar-refractivity contribution >= 4 is 17.3 Å². The molecule has 0 spiro atoms. The fraction of sp³-hybridized carbons (Fsp3) is 0.500. The Balaban J connectivity index is 2.06. The van der Waals surface area contributed by atoms with Crippen LogP contribution in [0.25, 0.3) is 0 Å². The molecule has 0 unspecified atom stereocenters. The highest BCUT2D eigenvalue weighted by atomic mass is 32.1. The largest absolute Gasteiger partial charge is 0.352 e. The van der Waals surface area contributed by atoms with Gasteiger partial charge in [0.05, 0.1) is 17.8 Å². The molecule has 0 amide bonds. The molecule has 5 heteroatoms. The molecule has 1 N–H and O–H groups in total. The van der Waals surface area contributed by atoms with Crippen LogP contribution in [0.5, 0.6) is 0 Å². The first-order chi connectivity index (χ1) is 12.1. The van der Waals surface area contributed by atoms with E-state index in [1.165, 1.54) is 17.0 Å². The number of thiocarbonyl (C=S) groups is 1. The number of unbranched alkanes of at least 4 members (excludes halogenated alkanes) is 1. The van der Waals surface area contributed by atoms with Crippen LogP contribution in [0.15, 0.2) is 30.5 Å². The van der Waals surface area contributed by atoms with E-state index in [1.54, 1.807) is 0 Å². The van der Waals surface area contributed by atoms with Crippen molar-refractivity contribution in [3.8, 4) is 0 Å².